The highest BCUT2D eigenvalue weighted by atomic mass is 16.5. The molecule has 0 bridgehead atoms. The Labute approximate surface area is 128 Å². The van der Waals surface area contributed by atoms with Crippen molar-refractivity contribution in [3.05, 3.63) is 17.5 Å². The van der Waals surface area contributed by atoms with Crippen LogP contribution in [0.5, 0.6) is 0 Å². The van der Waals surface area contributed by atoms with Crippen LogP contribution in [0.25, 0.3) is 0 Å². The number of methoxy groups -OCH3 is 1. The highest BCUT2D eigenvalue weighted by Gasteiger charge is 2.24. The van der Waals surface area contributed by atoms with Crippen molar-refractivity contribution in [1.82, 2.24) is 24.7 Å². The quantitative estimate of drug-likeness (QED) is 0.722. The molecule has 2 aromatic rings. The predicted molar refractivity (Wildman–Crippen MR) is 82.1 cm³/mol. The molecule has 3 rings (SSSR count). The molecule has 118 valence electrons. The van der Waals surface area contributed by atoms with E-state index in [0.29, 0.717) is 12.6 Å². The topological polar surface area (TPSA) is 130 Å². The summed E-state index contributed by atoms with van der Waals surface area (Å²) in [6.45, 7) is 1.38. The number of nitrogens with two attached hydrogens (primary N) is 2. The first-order chi connectivity index (χ1) is 10.7. The summed E-state index contributed by atoms with van der Waals surface area (Å²) in [4.78, 5) is 11.9. The van der Waals surface area contributed by atoms with Crippen molar-refractivity contribution >= 4 is 17.8 Å². The summed E-state index contributed by atoms with van der Waals surface area (Å²) in [6, 6.07) is 0.0498. The van der Waals surface area contributed by atoms with Gasteiger partial charge < -0.3 is 21.5 Å². The largest absolute Gasteiger partial charge is 0.383 e. The maximum Gasteiger partial charge on any atom is 0.229 e. The molecule has 0 aliphatic heterocycles. The molecule has 0 saturated heterocycles. The minimum Gasteiger partial charge on any atom is -0.383 e. The summed E-state index contributed by atoms with van der Waals surface area (Å²) in [5.41, 5.74) is 13.5. The average Bonchev–Trinajstić information content (AvgIpc) is 2.88. The molecular formula is C13H20N8O. The number of nitrogens with one attached hydrogen (secondary N) is 1. The number of rotatable bonds is 5. The van der Waals surface area contributed by atoms with Crippen molar-refractivity contribution in [1.29, 1.82) is 0 Å². The summed E-state index contributed by atoms with van der Waals surface area (Å²) < 4.78 is 7.02. The van der Waals surface area contributed by atoms with Crippen LogP contribution >= 0.6 is 0 Å². The smallest absolute Gasteiger partial charge is 0.229 e. The van der Waals surface area contributed by atoms with Gasteiger partial charge in [-0.15, -0.1) is 0 Å². The van der Waals surface area contributed by atoms with Crippen molar-refractivity contribution in [2.24, 2.45) is 0 Å². The maximum absolute atomic E-state index is 5.60. The van der Waals surface area contributed by atoms with Crippen molar-refractivity contribution in [2.75, 3.05) is 30.5 Å². The van der Waals surface area contributed by atoms with Gasteiger partial charge in [0.1, 0.15) is 0 Å². The summed E-state index contributed by atoms with van der Waals surface area (Å²) in [7, 11) is 1.68. The first-order valence-corrected chi connectivity index (χ1v) is 7.24. The highest BCUT2D eigenvalue weighted by molar-refractivity contribution is 5.40. The number of nitrogen functional groups attached to an aromatic ring is 2. The molecule has 1 atom stereocenters. The molecule has 0 spiro atoms. The lowest BCUT2D eigenvalue weighted by Crippen LogP contribution is -2.19. The van der Waals surface area contributed by atoms with Gasteiger partial charge in [-0.05, 0) is 24.8 Å². The van der Waals surface area contributed by atoms with Crippen molar-refractivity contribution in [3.8, 4) is 0 Å². The first kappa shape index (κ1) is 14.5. The molecule has 0 saturated carbocycles. The minimum absolute atomic E-state index is 0.0498. The van der Waals surface area contributed by atoms with E-state index in [1.165, 1.54) is 5.56 Å². The molecule has 22 heavy (non-hydrogen) atoms. The number of aromatic nitrogens is 5. The molecule has 2 aromatic heterocycles. The van der Waals surface area contributed by atoms with Gasteiger partial charge >= 0.3 is 0 Å². The number of hydrogen-bond donors (Lipinski definition) is 3. The Morgan fingerprint density at radius 3 is 2.82 bits per heavy atom. The number of fused-ring (bicyclic) bond motifs is 1. The number of hydrogen-bond acceptors (Lipinski definition) is 8. The Bertz CT molecular complexity index is 635. The molecule has 1 unspecified atom stereocenters. The van der Waals surface area contributed by atoms with Crippen LogP contribution in [0.4, 0.5) is 17.8 Å². The monoisotopic (exact) mass is 304 g/mol. The second kappa shape index (κ2) is 6.14. The lowest BCUT2D eigenvalue weighted by molar-refractivity contribution is 0.183. The van der Waals surface area contributed by atoms with Gasteiger partial charge in [0.05, 0.1) is 24.9 Å². The average molecular weight is 304 g/mol. The standard InChI is InChI=1S/C13H20N8O/c1-22-6-5-21-7-8-3-2-4-9(10(8)20-21)16-13-18-11(14)17-12(15)19-13/h7,9H,2-6H2,1H3,(H5,14,15,16,17,18,19). The van der Waals surface area contributed by atoms with Crippen molar-refractivity contribution in [2.45, 2.75) is 31.8 Å². The fourth-order valence-electron chi connectivity index (χ4n) is 2.67. The zero-order valence-electron chi connectivity index (χ0n) is 12.5. The van der Waals surface area contributed by atoms with Crippen LogP contribution in [0.3, 0.4) is 0 Å². The van der Waals surface area contributed by atoms with Gasteiger partial charge in [-0.3, -0.25) is 4.68 Å². The lowest BCUT2D eigenvalue weighted by atomic mass is 9.94. The van der Waals surface area contributed by atoms with E-state index in [4.69, 9.17) is 16.2 Å². The molecule has 5 N–H and O–H groups in total. The van der Waals surface area contributed by atoms with Gasteiger partial charge in [0.25, 0.3) is 0 Å². The number of aryl methyl sites for hydroxylation is 1. The third kappa shape index (κ3) is 3.08. The zero-order valence-corrected chi connectivity index (χ0v) is 12.5. The van der Waals surface area contributed by atoms with Gasteiger partial charge in [0.15, 0.2) is 0 Å². The van der Waals surface area contributed by atoms with E-state index in [2.05, 4.69) is 31.6 Å². The van der Waals surface area contributed by atoms with Gasteiger partial charge in [0, 0.05) is 13.3 Å². The molecule has 0 fully saturated rings. The van der Waals surface area contributed by atoms with E-state index in [0.717, 1.165) is 31.5 Å². The predicted octanol–water partition coefficient (Wildman–Crippen LogP) is 0.368. The Morgan fingerprint density at radius 2 is 2.09 bits per heavy atom. The van der Waals surface area contributed by atoms with Crippen LogP contribution in [0.1, 0.15) is 30.1 Å². The van der Waals surface area contributed by atoms with Crippen LogP contribution in [-0.4, -0.2) is 38.4 Å². The van der Waals surface area contributed by atoms with Crippen LogP contribution in [-0.2, 0) is 17.7 Å². The molecule has 9 heteroatoms. The van der Waals surface area contributed by atoms with Gasteiger partial charge in [0.2, 0.25) is 17.8 Å². The number of anilines is 3. The van der Waals surface area contributed by atoms with E-state index in [9.17, 15) is 0 Å². The molecule has 2 heterocycles. The molecule has 9 nitrogen and oxygen atoms in total. The first-order valence-electron chi connectivity index (χ1n) is 7.24. The maximum atomic E-state index is 5.60. The van der Waals surface area contributed by atoms with E-state index in [-0.39, 0.29) is 17.9 Å². The fraction of sp³-hybridized carbons (Fsp3) is 0.538. The zero-order chi connectivity index (χ0) is 15.5. The van der Waals surface area contributed by atoms with Gasteiger partial charge in [-0.25, -0.2) is 0 Å². The lowest BCUT2D eigenvalue weighted by Gasteiger charge is -2.22. The number of nitrogens with zero attached hydrogens (tertiary/aromatic N) is 5. The SMILES string of the molecule is COCCn1cc2c(n1)C(Nc1nc(N)nc(N)n1)CCC2. The van der Waals surface area contributed by atoms with Crippen molar-refractivity contribution in [3.63, 3.8) is 0 Å². The van der Waals surface area contributed by atoms with E-state index in [1.54, 1.807) is 7.11 Å². The van der Waals surface area contributed by atoms with E-state index >= 15 is 0 Å². The minimum atomic E-state index is 0.0498. The summed E-state index contributed by atoms with van der Waals surface area (Å²) in [5.74, 6) is 0.600. The number of ether oxygens (including phenoxy) is 1. The Kier molecular flexibility index (Phi) is 4.05. The highest BCUT2D eigenvalue weighted by Crippen LogP contribution is 2.30. The Hall–Kier alpha value is -2.42. The molecule has 0 aromatic carbocycles. The third-order valence-electron chi connectivity index (χ3n) is 3.64. The third-order valence-corrected chi connectivity index (χ3v) is 3.64. The van der Waals surface area contributed by atoms with Crippen LogP contribution in [0.2, 0.25) is 0 Å². The summed E-state index contributed by atoms with van der Waals surface area (Å²) in [6.07, 6.45) is 5.15. The second-order valence-electron chi connectivity index (χ2n) is 5.26. The Morgan fingerprint density at radius 1 is 1.32 bits per heavy atom. The van der Waals surface area contributed by atoms with Crippen LogP contribution in [0, 0.1) is 0 Å². The van der Waals surface area contributed by atoms with Crippen LogP contribution < -0.4 is 16.8 Å². The summed E-state index contributed by atoms with van der Waals surface area (Å²) in [5, 5.41) is 7.91. The normalized spacial score (nSPS) is 17.2. The molecule has 1 aliphatic rings. The molecule has 1 aliphatic carbocycles. The van der Waals surface area contributed by atoms with Crippen LogP contribution in [0.15, 0.2) is 6.20 Å². The van der Waals surface area contributed by atoms with E-state index in [1.807, 2.05) is 4.68 Å². The molecule has 0 radical (unpaired) electrons. The van der Waals surface area contributed by atoms with Gasteiger partial charge in [-0.1, -0.05) is 0 Å². The molecule has 0 amide bonds. The Balaban J connectivity index is 1.80. The van der Waals surface area contributed by atoms with Gasteiger partial charge in [-0.2, -0.15) is 20.1 Å². The van der Waals surface area contributed by atoms with Crippen molar-refractivity contribution < 1.29 is 4.74 Å². The molecular weight excluding hydrogens is 284 g/mol. The van der Waals surface area contributed by atoms with E-state index < -0.39 is 0 Å². The fourth-order valence-corrected chi connectivity index (χ4v) is 2.67. The summed E-state index contributed by atoms with van der Waals surface area (Å²) >= 11 is 0. The second-order valence-corrected chi connectivity index (χ2v) is 5.26.